The smallest absolute Gasteiger partial charge is 0.293 e. The van der Waals surface area contributed by atoms with Crippen molar-refractivity contribution in [2.45, 2.75) is 49.1 Å². The molecule has 9 heteroatoms. The van der Waals surface area contributed by atoms with Gasteiger partial charge in [-0.2, -0.15) is 0 Å². The zero-order valence-corrected chi connectivity index (χ0v) is 18.8. The van der Waals surface area contributed by atoms with Crippen molar-refractivity contribution in [1.82, 2.24) is 10.9 Å². The van der Waals surface area contributed by atoms with Gasteiger partial charge in [-0.25, -0.2) is 8.42 Å². The van der Waals surface area contributed by atoms with Crippen molar-refractivity contribution in [3.05, 3.63) is 64.2 Å². The molecule has 0 bridgehead atoms. The van der Waals surface area contributed by atoms with Crippen LogP contribution in [0.5, 0.6) is 0 Å². The SMILES string of the molecule is CN(CCCCCC1CC(c2ccccc2)NN1)c1ccc(S(C)(=O)=O)cc1[N+](=O)[O-]. The second-order valence-electron chi connectivity index (χ2n) is 8.14. The van der Waals surface area contributed by atoms with Crippen molar-refractivity contribution in [1.29, 1.82) is 0 Å². The highest BCUT2D eigenvalue weighted by Gasteiger charge is 2.24. The summed E-state index contributed by atoms with van der Waals surface area (Å²) in [6, 6.07) is 15.3. The predicted octanol–water partition coefficient (Wildman–Crippen LogP) is 3.60. The second kappa shape index (κ2) is 10.2. The summed E-state index contributed by atoms with van der Waals surface area (Å²) in [4.78, 5) is 12.7. The Bertz CT molecular complexity index is 998. The maximum Gasteiger partial charge on any atom is 0.293 e. The summed E-state index contributed by atoms with van der Waals surface area (Å²) >= 11 is 0. The Balaban J connectivity index is 1.44. The number of anilines is 1. The first kappa shape index (κ1) is 23.2. The molecule has 0 spiro atoms. The molecule has 1 aliphatic heterocycles. The van der Waals surface area contributed by atoms with Crippen LogP contribution in [0.25, 0.3) is 0 Å². The van der Waals surface area contributed by atoms with Gasteiger partial charge in [-0.1, -0.05) is 43.2 Å². The molecule has 8 nitrogen and oxygen atoms in total. The Labute approximate surface area is 183 Å². The van der Waals surface area contributed by atoms with Gasteiger partial charge in [0, 0.05) is 38.0 Å². The van der Waals surface area contributed by atoms with Crippen LogP contribution in [0.3, 0.4) is 0 Å². The standard InChI is InChI=1S/C22H30N4O4S/c1-25(21-13-12-19(31(2,29)30)16-22(21)26(27)28)14-8-4-7-11-18-15-20(24-23-18)17-9-5-3-6-10-17/h3,5-6,9-10,12-13,16,18,20,23-24H,4,7-8,11,14-15H2,1-2H3. The van der Waals surface area contributed by atoms with Crippen LogP contribution in [0, 0.1) is 10.1 Å². The fraction of sp³-hybridized carbons (Fsp3) is 0.455. The molecule has 0 aliphatic carbocycles. The maximum absolute atomic E-state index is 11.7. The van der Waals surface area contributed by atoms with Gasteiger partial charge < -0.3 is 4.90 Å². The lowest BCUT2D eigenvalue weighted by atomic mass is 9.99. The van der Waals surface area contributed by atoms with Gasteiger partial charge in [0.2, 0.25) is 0 Å². The third-order valence-electron chi connectivity index (χ3n) is 5.71. The summed E-state index contributed by atoms with van der Waals surface area (Å²) < 4.78 is 23.4. The van der Waals surface area contributed by atoms with Gasteiger partial charge in [0.05, 0.1) is 9.82 Å². The molecular formula is C22H30N4O4S. The van der Waals surface area contributed by atoms with Gasteiger partial charge >= 0.3 is 0 Å². The van der Waals surface area contributed by atoms with Gasteiger partial charge in [-0.3, -0.25) is 21.0 Å². The molecule has 0 aromatic heterocycles. The highest BCUT2D eigenvalue weighted by molar-refractivity contribution is 7.90. The molecule has 0 amide bonds. The summed E-state index contributed by atoms with van der Waals surface area (Å²) in [5.74, 6) is 0. The van der Waals surface area contributed by atoms with Crippen LogP contribution in [-0.2, 0) is 9.84 Å². The number of hydrogen-bond donors (Lipinski definition) is 2. The fourth-order valence-electron chi connectivity index (χ4n) is 3.96. The molecule has 1 heterocycles. The van der Waals surface area contributed by atoms with Crippen molar-refractivity contribution in [2.24, 2.45) is 0 Å². The minimum atomic E-state index is -3.49. The average Bonchev–Trinajstić information content (AvgIpc) is 3.22. The van der Waals surface area contributed by atoms with E-state index in [0.717, 1.165) is 44.4 Å². The van der Waals surface area contributed by atoms with E-state index in [0.29, 0.717) is 24.3 Å². The summed E-state index contributed by atoms with van der Waals surface area (Å²) in [6.07, 6.45) is 6.18. The monoisotopic (exact) mass is 446 g/mol. The molecule has 1 aliphatic rings. The van der Waals surface area contributed by atoms with E-state index in [1.54, 1.807) is 7.05 Å². The van der Waals surface area contributed by atoms with Crippen molar-refractivity contribution in [2.75, 3.05) is 24.7 Å². The van der Waals surface area contributed by atoms with E-state index in [9.17, 15) is 18.5 Å². The minimum absolute atomic E-state index is 0.0390. The van der Waals surface area contributed by atoms with E-state index >= 15 is 0 Å². The minimum Gasteiger partial charge on any atom is -0.369 e. The summed E-state index contributed by atoms with van der Waals surface area (Å²) in [6.45, 7) is 0.669. The molecule has 0 radical (unpaired) electrons. The van der Waals surface area contributed by atoms with Gasteiger partial charge in [0.15, 0.2) is 9.84 Å². The van der Waals surface area contributed by atoms with Gasteiger partial charge in [0.25, 0.3) is 5.69 Å². The van der Waals surface area contributed by atoms with Gasteiger partial charge in [0.1, 0.15) is 5.69 Å². The van der Waals surface area contributed by atoms with Gasteiger partial charge in [-0.15, -0.1) is 0 Å². The number of nitro benzene ring substituents is 1. The molecule has 2 unspecified atom stereocenters. The van der Waals surface area contributed by atoms with Crippen molar-refractivity contribution < 1.29 is 13.3 Å². The highest BCUT2D eigenvalue weighted by Crippen LogP contribution is 2.30. The third-order valence-corrected chi connectivity index (χ3v) is 6.82. The van der Waals surface area contributed by atoms with Gasteiger partial charge in [-0.05, 0) is 37.0 Å². The topological polar surface area (TPSA) is 105 Å². The molecule has 2 atom stereocenters. The van der Waals surface area contributed by atoms with Crippen LogP contribution in [-0.4, -0.2) is 39.2 Å². The molecular weight excluding hydrogens is 416 g/mol. The lowest BCUT2D eigenvalue weighted by molar-refractivity contribution is -0.384. The Kier molecular flexibility index (Phi) is 7.64. The molecule has 3 rings (SSSR count). The first-order chi connectivity index (χ1) is 14.8. The van der Waals surface area contributed by atoms with E-state index in [1.807, 2.05) is 11.0 Å². The Morgan fingerprint density at radius 1 is 1.10 bits per heavy atom. The Morgan fingerprint density at radius 3 is 2.52 bits per heavy atom. The number of rotatable bonds is 10. The Morgan fingerprint density at radius 2 is 1.84 bits per heavy atom. The van der Waals surface area contributed by atoms with E-state index < -0.39 is 14.8 Å². The Hall–Kier alpha value is -2.49. The van der Waals surface area contributed by atoms with Crippen molar-refractivity contribution in [3.63, 3.8) is 0 Å². The average molecular weight is 447 g/mol. The van der Waals surface area contributed by atoms with Crippen LogP contribution in [0.4, 0.5) is 11.4 Å². The van der Waals surface area contributed by atoms with E-state index in [1.165, 1.54) is 17.7 Å². The molecule has 168 valence electrons. The summed E-state index contributed by atoms with van der Waals surface area (Å²) in [5, 5.41) is 11.4. The molecule has 1 fully saturated rings. The number of sulfone groups is 1. The second-order valence-corrected chi connectivity index (χ2v) is 10.2. The van der Waals surface area contributed by atoms with Crippen LogP contribution < -0.4 is 15.8 Å². The fourth-order valence-corrected chi connectivity index (χ4v) is 4.60. The van der Waals surface area contributed by atoms with Crippen molar-refractivity contribution in [3.8, 4) is 0 Å². The predicted molar refractivity (Wildman–Crippen MR) is 122 cm³/mol. The molecule has 2 aromatic carbocycles. The molecule has 2 aromatic rings. The quantitative estimate of drug-likeness (QED) is 0.326. The number of nitro groups is 1. The lowest BCUT2D eigenvalue weighted by Gasteiger charge is -2.19. The number of nitrogens with zero attached hydrogens (tertiary/aromatic N) is 2. The van der Waals surface area contributed by atoms with Crippen LogP contribution in [0.15, 0.2) is 53.4 Å². The zero-order chi connectivity index (χ0) is 22.4. The first-order valence-corrected chi connectivity index (χ1v) is 12.4. The zero-order valence-electron chi connectivity index (χ0n) is 18.0. The molecule has 0 saturated carbocycles. The number of nitrogens with one attached hydrogen (secondary N) is 2. The van der Waals surface area contributed by atoms with E-state index in [2.05, 4.69) is 35.1 Å². The van der Waals surface area contributed by atoms with Crippen LogP contribution in [0.1, 0.15) is 43.7 Å². The number of hydrogen-bond acceptors (Lipinski definition) is 7. The highest BCUT2D eigenvalue weighted by atomic mass is 32.2. The normalized spacial score (nSPS) is 18.8. The number of hydrazine groups is 1. The van der Waals surface area contributed by atoms with E-state index in [-0.39, 0.29) is 10.6 Å². The van der Waals surface area contributed by atoms with Crippen molar-refractivity contribution >= 4 is 21.2 Å². The molecule has 31 heavy (non-hydrogen) atoms. The summed E-state index contributed by atoms with van der Waals surface area (Å²) in [7, 11) is -1.69. The molecule has 2 N–H and O–H groups in total. The summed E-state index contributed by atoms with van der Waals surface area (Å²) in [5.41, 5.74) is 8.30. The van der Waals surface area contributed by atoms with Crippen LogP contribution in [0.2, 0.25) is 0 Å². The van der Waals surface area contributed by atoms with E-state index in [4.69, 9.17) is 0 Å². The van der Waals surface area contributed by atoms with Crippen LogP contribution >= 0.6 is 0 Å². The largest absolute Gasteiger partial charge is 0.369 e. The third kappa shape index (κ3) is 6.25. The number of benzene rings is 2. The maximum atomic E-state index is 11.7. The molecule has 1 saturated heterocycles. The first-order valence-electron chi connectivity index (χ1n) is 10.5. The lowest BCUT2D eigenvalue weighted by Crippen LogP contribution is -2.30. The number of unbranched alkanes of at least 4 members (excludes halogenated alkanes) is 2.